The van der Waals surface area contributed by atoms with E-state index in [4.69, 9.17) is 37.0 Å². The molecular formula is C84H164O17P2. The fourth-order valence-electron chi connectivity index (χ4n) is 13.1. The maximum atomic E-state index is 13.1. The summed E-state index contributed by atoms with van der Waals surface area (Å²) in [5.41, 5.74) is 0. The van der Waals surface area contributed by atoms with E-state index in [2.05, 4.69) is 41.5 Å². The highest BCUT2D eigenvalue weighted by atomic mass is 31.2. The summed E-state index contributed by atoms with van der Waals surface area (Å²) in [4.78, 5) is 73.0. The van der Waals surface area contributed by atoms with Crippen LogP contribution in [0.4, 0.5) is 0 Å². The van der Waals surface area contributed by atoms with Crippen molar-refractivity contribution in [2.45, 2.75) is 464 Å². The highest BCUT2D eigenvalue weighted by Crippen LogP contribution is 2.45. The molecule has 0 amide bonds. The van der Waals surface area contributed by atoms with Crippen molar-refractivity contribution in [3.05, 3.63) is 0 Å². The highest BCUT2D eigenvalue weighted by Gasteiger charge is 2.30. The molecular weight excluding hydrogens is 1340 g/mol. The average Bonchev–Trinajstić information content (AvgIpc) is 0.912. The Morgan fingerprint density at radius 3 is 0.660 bits per heavy atom. The molecule has 0 rings (SSSR count). The van der Waals surface area contributed by atoms with Crippen molar-refractivity contribution in [1.29, 1.82) is 0 Å². The number of aliphatic hydroxyl groups is 1. The molecule has 0 fully saturated rings. The number of carbonyl (C=O) groups excluding carboxylic acids is 4. The van der Waals surface area contributed by atoms with Gasteiger partial charge in [-0.15, -0.1) is 0 Å². The molecule has 103 heavy (non-hydrogen) atoms. The molecule has 0 aliphatic heterocycles. The molecule has 0 heterocycles. The Labute approximate surface area is 632 Å². The maximum absolute atomic E-state index is 13.1. The zero-order valence-electron chi connectivity index (χ0n) is 67.6. The summed E-state index contributed by atoms with van der Waals surface area (Å²) < 4.78 is 68.7. The van der Waals surface area contributed by atoms with Crippen LogP contribution in [0.15, 0.2) is 0 Å². The van der Waals surface area contributed by atoms with Crippen molar-refractivity contribution >= 4 is 39.5 Å². The lowest BCUT2D eigenvalue weighted by Gasteiger charge is -2.21. The van der Waals surface area contributed by atoms with Crippen LogP contribution in [0, 0.1) is 11.8 Å². The molecule has 0 aliphatic rings. The third kappa shape index (κ3) is 78.0. The SMILES string of the molecule is CCCCCCCCCCCCCCCCCCCCCCC(=O)OC[C@H](COP(=O)(O)OC[C@@H](O)COP(=O)(O)OC[C@@H](COC(=O)CCCCCCCCC)OC(=O)CCCCCCCCCCCCCCC(C)C)OC(=O)CCCCCCCCCCCCCCCCCCCCC(C)C. The molecule has 0 radical (unpaired) electrons. The van der Waals surface area contributed by atoms with Crippen molar-refractivity contribution in [2.24, 2.45) is 11.8 Å². The fraction of sp³-hybridized carbons (Fsp3) is 0.952. The van der Waals surface area contributed by atoms with Crippen LogP contribution in [0.25, 0.3) is 0 Å². The summed E-state index contributed by atoms with van der Waals surface area (Å²) in [7, 11) is -9.92. The van der Waals surface area contributed by atoms with Gasteiger partial charge in [-0.05, 0) is 37.5 Å². The molecule has 0 saturated carbocycles. The van der Waals surface area contributed by atoms with Crippen molar-refractivity contribution in [2.75, 3.05) is 39.6 Å². The van der Waals surface area contributed by atoms with Crippen LogP contribution in [0.3, 0.4) is 0 Å². The predicted octanol–water partition coefficient (Wildman–Crippen LogP) is 25.5. The molecule has 0 saturated heterocycles. The van der Waals surface area contributed by atoms with E-state index in [1.54, 1.807) is 0 Å². The third-order valence-corrected chi connectivity index (χ3v) is 21.6. The van der Waals surface area contributed by atoms with Gasteiger partial charge >= 0.3 is 39.5 Å². The van der Waals surface area contributed by atoms with E-state index < -0.39 is 97.5 Å². The summed E-state index contributed by atoms with van der Waals surface area (Å²) in [5.74, 6) is -0.513. The Morgan fingerprint density at radius 2 is 0.447 bits per heavy atom. The predicted molar refractivity (Wildman–Crippen MR) is 423 cm³/mol. The van der Waals surface area contributed by atoms with Crippen LogP contribution in [0.5, 0.6) is 0 Å². The third-order valence-electron chi connectivity index (χ3n) is 19.7. The average molecular weight is 1510 g/mol. The first kappa shape index (κ1) is 101. The monoisotopic (exact) mass is 1510 g/mol. The Bertz CT molecular complexity index is 1980. The van der Waals surface area contributed by atoms with Crippen molar-refractivity contribution in [3.8, 4) is 0 Å². The standard InChI is InChI=1S/C84H164O17P2/c1-7-9-11-13-15-16-17-18-19-20-21-22-26-29-32-38-43-49-55-61-67-82(87)95-73-80(101-84(89)68-62-56-50-44-39-33-30-27-24-23-25-28-31-36-41-47-52-58-64-76(3)4)75-99-103(92,93)97-71-78(85)70-96-102(90,91)98-74-79(72-94-81(86)66-60-54-46-14-12-10-8-2)100-83(88)69-63-57-51-45-40-35-34-37-42-48-53-59-65-77(5)6/h76-80,85H,7-75H2,1-6H3,(H,90,91)(H,92,93)/t78-,79+,80+/m0/s1. The number of unbranched alkanes of at least 4 members (excludes halogenated alkanes) is 53. The molecule has 2 unspecified atom stereocenters. The summed E-state index contributed by atoms with van der Waals surface area (Å²) in [6.45, 7) is 9.65. The van der Waals surface area contributed by atoms with Gasteiger partial charge in [-0.25, -0.2) is 9.13 Å². The first-order valence-corrected chi connectivity index (χ1v) is 46.5. The van der Waals surface area contributed by atoms with E-state index in [1.807, 2.05) is 0 Å². The minimum atomic E-state index is -4.96. The lowest BCUT2D eigenvalue weighted by molar-refractivity contribution is -0.161. The van der Waals surface area contributed by atoms with Crippen molar-refractivity contribution in [3.63, 3.8) is 0 Å². The van der Waals surface area contributed by atoms with Crippen LogP contribution in [0.1, 0.15) is 446 Å². The van der Waals surface area contributed by atoms with Crippen LogP contribution >= 0.6 is 15.6 Å². The van der Waals surface area contributed by atoms with E-state index >= 15 is 0 Å². The van der Waals surface area contributed by atoms with Crippen molar-refractivity contribution < 1.29 is 80.2 Å². The molecule has 3 N–H and O–H groups in total. The topological polar surface area (TPSA) is 237 Å². The lowest BCUT2D eigenvalue weighted by atomic mass is 10.0. The molecule has 0 aromatic heterocycles. The van der Waals surface area contributed by atoms with E-state index in [9.17, 15) is 43.2 Å². The summed E-state index contributed by atoms with van der Waals surface area (Å²) in [5, 5.41) is 10.6. The van der Waals surface area contributed by atoms with Crippen LogP contribution in [-0.4, -0.2) is 96.7 Å². The molecule has 0 aromatic rings. The first-order chi connectivity index (χ1) is 49.9. The molecule has 0 spiro atoms. The number of phosphoric acid groups is 2. The Morgan fingerprint density at radius 1 is 0.262 bits per heavy atom. The van der Waals surface area contributed by atoms with Gasteiger partial charge in [-0.2, -0.15) is 0 Å². The summed E-state index contributed by atoms with van der Waals surface area (Å²) in [6.07, 6.45) is 66.9. The zero-order valence-corrected chi connectivity index (χ0v) is 69.4. The normalized spacial score (nSPS) is 13.9. The van der Waals surface area contributed by atoms with Gasteiger partial charge in [0.25, 0.3) is 0 Å². The molecule has 17 nitrogen and oxygen atoms in total. The van der Waals surface area contributed by atoms with Crippen molar-refractivity contribution in [1.82, 2.24) is 0 Å². The Kier molecular flexibility index (Phi) is 74.1. The summed E-state index contributed by atoms with van der Waals surface area (Å²) in [6, 6.07) is 0. The molecule has 19 heteroatoms. The molecule has 612 valence electrons. The number of ether oxygens (including phenoxy) is 4. The Hall–Kier alpha value is -1.94. The van der Waals surface area contributed by atoms with Crippen LogP contribution < -0.4 is 0 Å². The second-order valence-corrected chi connectivity index (χ2v) is 34.1. The van der Waals surface area contributed by atoms with Gasteiger partial charge in [-0.3, -0.25) is 37.3 Å². The highest BCUT2D eigenvalue weighted by molar-refractivity contribution is 7.47. The van der Waals surface area contributed by atoms with Crippen LogP contribution in [-0.2, 0) is 65.4 Å². The van der Waals surface area contributed by atoms with Gasteiger partial charge in [0.15, 0.2) is 12.2 Å². The van der Waals surface area contributed by atoms with Gasteiger partial charge in [0.05, 0.1) is 26.4 Å². The number of rotatable bonds is 83. The number of hydrogen-bond donors (Lipinski definition) is 3. The number of esters is 4. The van der Waals surface area contributed by atoms with Gasteiger partial charge < -0.3 is 33.8 Å². The van der Waals surface area contributed by atoms with E-state index in [-0.39, 0.29) is 25.7 Å². The Balaban J connectivity index is 5.16. The number of phosphoric ester groups is 2. The molecule has 0 bridgehead atoms. The number of aliphatic hydroxyl groups excluding tert-OH is 1. The molecule has 0 aliphatic carbocycles. The van der Waals surface area contributed by atoms with E-state index in [1.165, 1.54) is 250 Å². The van der Waals surface area contributed by atoms with Crippen LogP contribution in [0.2, 0.25) is 0 Å². The number of hydrogen-bond acceptors (Lipinski definition) is 15. The molecule has 0 aromatic carbocycles. The zero-order chi connectivity index (χ0) is 75.6. The van der Waals surface area contributed by atoms with E-state index in [0.29, 0.717) is 25.7 Å². The largest absolute Gasteiger partial charge is 0.472 e. The summed E-state index contributed by atoms with van der Waals surface area (Å²) >= 11 is 0. The molecule has 5 atom stereocenters. The van der Waals surface area contributed by atoms with Gasteiger partial charge in [0.1, 0.15) is 19.3 Å². The van der Waals surface area contributed by atoms with E-state index in [0.717, 1.165) is 115 Å². The first-order valence-electron chi connectivity index (χ1n) is 43.5. The quantitative estimate of drug-likeness (QED) is 0.0222. The lowest BCUT2D eigenvalue weighted by Crippen LogP contribution is -2.30. The minimum absolute atomic E-state index is 0.107. The van der Waals surface area contributed by atoms with Gasteiger partial charge in [0, 0.05) is 25.7 Å². The second-order valence-electron chi connectivity index (χ2n) is 31.2. The fourth-order valence-corrected chi connectivity index (χ4v) is 14.6. The minimum Gasteiger partial charge on any atom is -0.462 e. The van der Waals surface area contributed by atoms with Gasteiger partial charge in [0.2, 0.25) is 0 Å². The number of carbonyl (C=O) groups is 4. The smallest absolute Gasteiger partial charge is 0.462 e. The second kappa shape index (κ2) is 75.5. The maximum Gasteiger partial charge on any atom is 0.472 e. The van der Waals surface area contributed by atoms with Gasteiger partial charge in [-0.1, -0.05) is 395 Å².